The molecule has 0 fully saturated rings. The first kappa shape index (κ1) is 21.0. The number of rotatable bonds is 6. The summed E-state index contributed by atoms with van der Waals surface area (Å²) in [5, 5.41) is 6.87. The van der Waals surface area contributed by atoms with Crippen molar-refractivity contribution in [2.75, 3.05) is 11.9 Å². The van der Waals surface area contributed by atoms with Crippen molar-refractivity contribution in [3.63, 3.8) is 0 Å². The Kier molecular flexibility index (Phi) is 5.55. The minimum Gasteiger partial charge on any atom is -0.462 e. The molecular weight excluding hydrogens is 412 g/mol. The van der Waals surface area contributed by atoms with Gasteiger partial charge in [-0.05, 0) is 38.1 Å². The molecule has 4 rings (SSSR count). The third-order valence-corrected chi connectivity index (χ3v) is 5.10. The van der Waals surface area contributed by atoms with E-state index in [1.54, 1.807) is 55.5 Å². The predicted molar refractivity (Wildman–Crippen MR) is 115 cm³/mol. The number of imide groups is 1. The average Bonchev–Trinajstić information content (AvgIpc) is 3.33. The van der Waals surface area contributed by atoms with Gasteiger partial charge in [0.1, 0.15) is 11.6 Å². The first-order valence-electron chi connectivity index (χ1n) is 10.0. The molecule has 162 valence electrons. The number of hydrogen-bond acceptors (Lipinski definition) is 6. The van der Waals surface area contributed by atoms with Crippen LogP contribution in [0, 0.1) is 0 Å². The van der Waals surface area contributed by atoms with Crippen LogP contribution in [0.3, 0.4) is 0 Å². The molecule has 0 aliphatic carbocycles. The van der Waals surface area contributed by atoms with Gasteiger partial charge in [0.05, 0.1) is 29.6 Å². The minimum absolute atomic E-state index is 0.0543. The highest BCUT2D eigenvalue weighted by atomic mass is 16.5. The molecule has 0 spiro atoms. The Balaban J connectivity index is 1.66. The summed E-state index contributed by atoms with van der Waals surface area (Å²) >= 11 is 0. The van der Waals surface area contributed by atoms with Crippen molar-refractivity contribution >= 4 is 29.5 Å². The van der Waals surface area contributed by atoms with Gasteiger partial charge in [0.2, 0.25) is 5.91 Å². The Morgan fingerprint density at radius 2 is 1.59 bits per heavy atom. The number of carbonyl (C=O) groups is 4. The van der Waals surface area contributed by atoms with E-state index in [4.69, 9.17) is 4.74 Å². The molecule has 32 heavy (non-hydrogen) atoms. The third-order valence-electron chi connectivity index (χ3n) is 5.10. The number of nitrogens with zero attached hydrogens (tertiary/aromatic N) is 3. The van der Waals surface area contributed by atoms with Crippen molar-refractivity contribution in [2.45, 2.75) is 19.9 Å². The molecule has 2 heterocycles. The highest BCUT2D eigenvalue weighted by Gasteiger charge is 2.41. The first-order valence-corrected chi connectivity index (χ1v) is 10.0. The highest BCUT2D eigenvalue weighted by molar-refractivity contribution is 6.23. The van der Waals surface area contributed by atoms with E-state index < -0.39 is 29.7 Å². The van der Waals surface area contributed by atoms with Crippen molar-refractivity contribution in [1.29, 1.82) is 0 Å². The van der Waals surface area contributed by atoms with Crippen LogP contribution in [0.2, 0.25) is 0 Å². The van der Waals surface area contributed by atoms with Crippen LogP contribution < -0.4 is 5.32 Å². The highest BCUT2D eigenvalue weighted by Crippen LogP contribution is 2.26. The maximum Gasteiger partial charge on any atom is 0.343 e. The molecule has 9 nitrogen and oxygen atoms in total. The fourth-order valence-electron chi connectivity index (χ4n) is 3.49. The van der Waals surface area contributed by atoms with E-state index in [0.29, 0.717) is 5.69 Å². The summed E-state index contributed by atoms with van der Waals surface area (Å²) < 4.78 is 6.46. The number of aromatic nitrogens is 2. The summed E-state index contributed by atoms with van der Waals surface area (Å²) in [6, 6.07) is 14.2. The lowest BCUT2D eigenvalue weighted by molar-refractivity contribution is -0.119. The molecule has 1 unspecified atom stereocenters. The Morgan fingerprint density at radius 3 is 2.19 bits per heavy atom. The predicted octanol–water partition coefficient (Wildman–Crippen LogP) is 2.67. The van der Waals surface area contributed by atoms with Crippen LogP contribution in [0.25, 0.3) is 5.69 Å². The third kappa shape index (κ3) is 3.53. The van der Waals surface area contributed by atoms with E-state index in [-0.39, 0.29) is 29.1 Å². The summed E-state index contributed by atoms with van der Waals surface area (Å²) in [6.07, 6.45) is 1.30. The number of carbonyl (C=O) groups excluding carboxylic acids is 4. The van der Waals surface area contributed by atoms with Crippen molar-refractivity contribution in [1.82, 2.24) is 14.7 Å². The standard InChI is InChI=1S/C23H20N4O5/c1-3-32-23(31)18-13-24-27(15-9-5-4-6-10-15)19(18)25-20(28)14(2)26-21(29)16-11-7-8-12-17(16)22(26)30/h4-14H,3H2,1-2H3,(H,25,28). The summed E-state index contributed by atoms with van der Waals surface area (Å²) in [6.45, 7) is 3.26. The molecule has 0 radical (unpaired) electrons. The molecule has 1 aliphatic rings. The van der Waals surface area contributed by atoms with Gasteiger partial charge < -0.3 is 10.1 Å². The zero-order valence-corrected chi connectivity index (χ0v) is 17.4. The second-order valence-electron chi connectivity index (χ2n) is 7.07. The van der Waals surface area contributed by atoms with Crippen molar-refractivity contribution in [3.05, 3.63) is 77.5 Å². The summed E-state index contributed by atoms with van der Waals surface area (Å²) in [5.41, 5.74) is 1.16. The van der Waals surface area contributed by atoms with Gasteiger partial charge in [-0.25, -0.2) is 9.48 Å². The number of amides is 3. The quantitative estimate of drug-likeness (QED) is 0.474. The minimum atomic E-state index is -1.13. The van der Waals surface area contributed by atoms with Crippen LogP contribution in [0.15, 0.2) is 60.8 Å². The van der Waals surface area contributed by atoms with Gasteiger partial charge in [0.25, 0.3) is 11.8 Å². The molecule has 0 saturated carbocycles. The number of nitrogens with one attached hydrogen (secondary N) is 1. The van der Waals surface area contributed by atoms with E-state index in [0.717, 1.165) is 4.90 Å². The molecule has 0 bridgehead atoms. The number of benzene rings is 2. The molecule has 2 aromatic carbocycles. The van der Waals surface area contributed by atoms with Crippen LogP contribution in [-0.4, -0.2) is 51.0 Å². The van der Waals surface area contributed by atoms with Crippen LogP contribution in [0.1, 0.15) is 44.9 Å². The average molecular weight is 432 g/mol. The summed E-state index contributed by atoms with van der Waals surface area (Å²) in [5.74, 6) is -2.31. The lowest BCUT2D eigenvalue weighted by Crippen LogP contribution is -2.45. The van der Waals surface area contributed by atoms with Gasteiger partial charge in [0.15, 0.2) is 5.82 Å². The molecular formula is C23H20N4O5. The second kappa shape index (κ2) is 8.46. The SMILES string of the molecule is CCOC(=O)c1cnn(-c2ccccc2)c1NC(=O)C(C)N1C(=O)c2ccccc2C1=O. The largest absolute Gasteiger partial charge is 0.462 e. The van der Waals surface area contributed by atoms with Gasteiger partial charge in [0, 0.05) is 0 Å². The monoisotopic (exact) mass is 432 g/mol. The number of anilines is 1. The van der Waals surface area contributed by atoms with E-state index >= 15 is 0 Å². The summed E-state index contributed by atoms with van der Waals surface area (Å²) in [4.78, 5) is 51.9. The molecule has 1 aromatic heterocycles. The molecule has 1 atom stereocenters. The number of esters is 1. The van der Waals surface area contributed by atoms with Gasteiger partial charge in [-0.15, -0.1) is 0 Å². The Hall–Kier alpha value is -4.27. The van der Waals surface area contributed by atoms with E-state index in [9.17, 15) is 19.2 Å². The Labute approximate surface area is 183 Å². The molecule has 1 aliphatic heterocycles. The van der Waals surface area contributed by atoms with Crippen molar-refractivity contribution in [3.8, 4) is 5.69 Å². The maximum atomic E-state index is 13.1. The van der Waals surface area contributed by atoms with Gasteiger partial charge >= 0.3 is 5.97 Å². The van der Waals surface area contributed by atoms with Crippen molar-refractivity contribution < 1.29 is 23.9 Å². The number of ether oxygens (including phenoxy) is 1. The second-order valence-corrected chi connectivity index (χ2v) is 7.07. The van der Waals surface area contributed by atoms with Crippen LogP contribution >= 0.6 is 0 Å². The lowest BCUT2D eigenvalue weighted by Gasteiger charge is -2.22. The van der Waals surface area contributed by atoms with E-state index in [2.05, 4.69) is 10.4 Å². The number of hydrogen-bond donors (Lipinski definition) is 1. The maximum absolute atomic E-state index is 13.1. The van der Waals surface area contributed by atoms with Gasteiger partial charge in [-0.1, -0.05) is 30.3 Å². The Morgan fingerprint density at radius 1 is 1.00 bits per heavy atom. The molecule has 9 heteroatoms. The number of fused-ring (bicyclic) bond motifs is 1. The fourth-order valence-corrected chi connectivity index (χ4v) is 3.49. The van der Waals surface area contributed by atoms with Gasteiger partial charge in [-0.2, -0.15) is 5.10 Å². The van der Waals surface area contributed by atoms with Crippen LogP contribution in [0.4, 0.5) is 5.82 Å². The van der Waals surface area contributed by atoms with Crippen LogP contribution in [-0.2, 0) is 9.53 Å². The Bertz CT molecular complexity index is 1180. The van der Waals surface area contributed by atoms with Crippen molar-refractivity contribution in [2.24, 2.45) is 0 Å². The normalized spacial score (nSPS) is 13.6. The number of para-hydroxylation sites is 1. The van der Waals surface area contributed by atoms with E-state index in [1.807, 2.05) is 6.07 Å². The molecule has 3 aromatic rings. The molecule has 1 N–H and O–H groups in total. The first-order chi connectivity index (χ1) is 15.4. The van der Waals surface area contributed by atoms with Crippen LogP contribution in [0.5, 0.6) is 0 Å². The molecule has 3 amide bonds. The topological polar surface area (TPSA) is 111 Å². The fraction of sp³-hybridized carbons (Fsp3) is 0.174. The zero-order chi connectivity index (χ0) is 22.8. The summed E-state index contributed by atoms with van der Waals surface area (Å²) in [7, 11) is 0. The van der Waals surface area contributed by atoms with Gasteiger partial charge in [-0.3, -0.25) is 19.3 Å². The van der Waals surface area contributed by atoms with E-state index in [1.165, 1.54) is 17.8 Å². The smallest absolute Gasteiger partial charge is 0.343 e. The zero-order valence-electron chi connectivity index (χ0n) is 17.4. The lowest BCUT2D eigenvalue weighted by atomic mass is 10.1. The molecule has 0 saturated heterocycles.